The number of aromatic nitrogens is 2. The number of carbonyl (C=O) groups is 1. The average molecular weight is 340 g/mol. The van der Waals surface area contributed by atoms with Gasteiger partial charge in [0.15, 0.2) is 0 Å². The first-order chi connectivity index (χ1) is 12.3. The Morgan fingerprint density at radius 3 is 2.92 bits per heavy atom. The minimum atomic E-state index is -0.0907. The van der Waals surface area contributed by atoms with E-state index < -0.39 is 0 Å². The summed E-state index contributed by atoms with van der Waals surface area (Å²) in [5.41, 5.74) is 2.62. The number of benzene rings is 1. The van der Waals surface area contributed by atoms with Crippen molar-refractivity contribution in [3.8, 4) is 11.4 Å². The molecular weight excluding hydrogens is 320 g/mol. The van der Waals surface area contributed by atoms with Crippen LogP contribution in [0.1, 0.15) is 24.8 Å². The van der Waals surface area contributed by atoms with Gasteiger partial charge in [-0.05, 0) is 24.2 Å². The van der Waals surface area contributed by atoms with Crippen LogP contribution in [-0.4, -0.2) is 22.6 Å². The number of anilines is 1. The molecule has 0 bridgehead atoms. The molecule has 25 heavy (non-hydrogen) atoms. The number of furan rings is 1. The first kappa shape index (κ1) is 16.9. The normalized spacial score (nSPS) is 10.8. The molecule has 2 N–H and O–H groups in total. The molecule has 0 aliphatic heterocycles. The SMILES string of the molecule is CCNCc1ccccc1NC(=O)CCc1nc(-c2ccoc2)no1. The summed E-state index contributed by atoms with van der Waals surface area (Å²) in [7, 11) is 0. The average Bonchev–Trinajstić information content (AvgIpc) is 3.30. The van der Waals surface area contributed by atoms with E-state index in [1.807, 2.05) is 31.2 Å². The van der Waals surface area contributed by atoms with Crippen molar-refractivity contribution < 1.29 is 13.7 Å². The van der Waals surface area contributed by atoms with Gasteiger partial charge in [0.2, 0.25) is 17.6 Å². The van der Waals surface area contributed by atoms with Crippen molar-refractivity contribution in [2.24, 2.45) is 0 Å². The smallest absolute Gasteiger partial charge is 0.227 e. The van der Waals surface area contributed by atoms with Crippen LogP contribution in [0.5, 0.6) is 0 Å². The van der Waals surface area contributed by atoms with Crippen LogP contribution in [0.4, 0.5) is 5.69 Å². The number of aryl methyl sites for hydroxylation is 1. The van der Waals surface area contributed by atoms with Crippen LogP contribution in [0.2, 0.25) is 0 Å². The van der Waals surface area contributed by atoms with Gasteiger partial charge in [0.05, 0.1) is 11.8 Å². The Bertz CT molecular complexity index is 811. The zero-order chi connectivity index (χ0) is 17.5. The van der Waals surface area contributed by atoms with Crippen LogP contribution >= 0.6 is 0 Å². The number of amides is 1. The number of hydrogen-bond acceptors (Lipinski definition) is 6. The standard InChI is InChI=1S/C18H20N4O3/c1-2-19-11-13-5-3-4-6-15(13)20-16(23)7-8-17-21-18(22-25-17)14-9-10-24-12-14/h3-6,9-10,12,19H,2,7-8,11H2,1H3,(H,20,23). The number of rotatable bonds is 8. The molecule has 0 radical (unpaired) electrons. The highest BCUT2D eigenvalue weighted by Gasteiger charge is 2.12. The minimum absolute atomic E-state index is 0.0907. The van der Waals surface area contributed by atoms with Crippen LogP contribution in [-0.2, 0) is 17.8 Å². The summed E-state index contributed by atoms with van der Waals surface area (Å²) in [5.74, 6) is 0.791. The predicted molar refractivity (Wildman–Crippen MR) is 92.8 cm³/mol. The summed E-state index contributed by atoms with van der Waals surface area (Å²) in [6.07, 6.45) is 3.74. The summed E-state index contributed by atoms with van der Waals surface area (Å²) < 4.78 is 10.2. The lowest BCUT2D eigenvalue weighted by Crippen LogP contribution is -2.17. The van der Waals surface area contributed by atoms with Crippen LogP contribution in [0.15, 0.2) is 51.8 Å². The summed E-state index contributed by atoms with van der Waals surface area (Å²) in [5, 5.41) is 10.1. The van der Waals surface area contributed by atoms with E-state index in [2.05, 4.69) is 20.8 Å². The maximum Gasteiger partial charge on any atom is 0.227 e. The van der Waals surface area contributed by atoms with Gasteiger partial charge in [-0.25, -0.2) is 0 Å². The second-order valence-corrected chi connectivity index (χ2v) is 5.51. The van der Waals surface area contributed by atoms with Gasteiger partial charge in [0.25, 0.3) is 0 Å². The zero-order valence-corrected chi connectivity index (χ0v) is 14.0. The van der Waals surface area contributed by atoms with Crippen LogP contribution in [0.3, 0.4) is 0 Å². The molecule has 0 aliphatic carbocycles. The van der Waals surface area contributed by atoms with Gasteiger partial charge in [-0.15, -0.1) is 0 Å². The molecule has 1 amide bonds. The molecule has 130 valence electrons. The highest BCUT2D eigenvalue weighted by atomic mass is 16.5. The number of hydrogen-bond donors (Lipinski definition) is 2. The van der Waals surface area contributed by atoms with E-state index in [9.17, 15) is 4.79 Å². The van der Waals surface area contributed by atoms with Gasteiger partial charge in [0.1, 0.15) is 6.26 Å². The minimum Gasteiger partial charge on any atom is -0.472 e. The summed E-state index contributed by atoms with van der Waals surface area (Å²) in [4.78, 5) is 16.5. The molecule has 0 fully saturated rings. The summed E-state index contributed by atoms with van der Waals surface area (Å²) in [6, 6.07) is 9.50. The highest BCUT2D eigenvalue weighted by molar-refractivity contribution is 5.91. The lowest BCUT2D eigenvalue weighted by molar-refractivity contribution is -0.116. The zero-order valence-electron chi connectivity index (χ0n) is 14.0. The predicted octanol–water partition coefficient (Wildman–Crippen LogP) is 3.01. The Balaban J connectivity index is 1.55. The fourth-order valence-corrected chi connectivity index (χ4v) is 2.35. The van der Waals surface area contributed by atoms with Gasteiger partial charge in [-0.1, -0.05) is 30.3 Å². The molecule has 0 saturated heterocycles. The van der Waals surface area contributed by atoms with Gasteiger partial charge < -0.3 is 19.6 Å². The molecule has 2 aromatic heterocycles. The van der Waals surface area contributed by atoms with Gasteiger partial charge in [-0.3, -0.25) is 4.79 Å². The quantitative estimate of drug-likeness (QED) is 0.655. The molecule has 0 atom stereocenters. The van der Waals surface area contributed by atoms with Gasteiger partial charge in [0, 0.05) is 25.1 Å². The molecule has 0 unspecified atom stereocenters. The van der Waals surface area contributed by atoms with Crippen LogP contribution < -0.4 is 10.6 Å². The molecule has 7 heteroatoms. The van der Waals surface area contributed by atoms with E-state index in [0.717, 1.165) is 23.4 Å². The monoisotopic (exact) mass is 340 g/mol. The molecule has 3 aromatic rings. The molecule has 0 spiro atoms. The molecule has 2 heterocycles. The summed E-state index contributed by atoms with van der Waals surface area (Å²) >= 11 is 0. The van der Waals surface area contributed by atoms with Crippen LogP contribution in [0.25, 0.3) is 11.4 Å². The Labute approximate surface area is 145 Å². The van der Waals surface area contributed by atoms with E-state index in [1.54, 1.807) is 18.6 Å². The number of nitrogens with zero attached hydrogens (tertiary/aromatic N) is 2. The third kappa shape index (κ3) is 4.54. The van der Waals surface area contributed by atoms with Gasteiger partial charge >= 0.3 is 0 Å². The Morgan fingerprint density at radius 1 is 1.24 bits per heavy atom. The number of carbonyl (C=O) groups excluding carboxylic acids is 1. The van der Waals surface area contributed by atoms with E-state index in [4.69, 9.17) is 8.94 Å². The van der Waals surface area contributed by atoms with Crippen LogP contribution in [0, 0.1) is 0 Å². The van der Waals surface area contributed by atoms with E-state index in [0.29, 0.717) is 24.7 Å². The molecular formula is C18H20N4O3. The van der Waals surface area contributed by atoms with E-state index >= 15 is 0 Å². The Hall–Kier alpha value is -2.93. The third-order valence-electron chi connectivity index (χ3n) is 3.67. The second kappa shape index (κ2) is 8.25. The first-order valence-corrected chi connectivity index (χ1v) is 8.20. The van der Waals surface area contributed by atoms with Crippen molar-refractivity contribution in [3.05, 3.63) is 54.3 Å². The fraction of sp³-hybridized carbons (Fsp3) is 0.278. The molecule has 7 nitrogen and oxygen atoms in total. The molecule has 3 rings (SSSR count). The van der Waals surface area contributed by atoms with E-state index in [-0.39, 0.29) is 12.3 Å². The first-order valence-electron chi connectivity index (χ1n) is 8.20. The van der Waals surface area contributed by atoms with E-state index in [1.165, 1.54) is 0 Å². The highest BCUT2D eigenvalue weighted by Crippen LogP contribution is 2.17. The van der Waals surface area contributed by atoms with Crippen molar-refractivity contribution in [1.29, 1.82) is 0 Å². The number of nitrogens with one attached hydrogen (secondary N) is 2. The van der Waals surface area contributed by atoms with Crippen molar-refractivity contribution in [2.45, 2.75) is 26.3 Å². The third-order valence-corrected chi connectivity index (χ3v) is 3.67. The summed E-state index contributed by atoms with van der Waals surface area (Å²) in [6.45, 7) is 3.63. The topological polar surface area (TPSA) is 93.2 Å². The van der Waals surface area contributed by atoms with Crippen molar-refractivity contribution in [1.82, 2.24) is 15.5 Å². The molecule has 0 saturated carbocycles. The lowest BCUT2D eigenvalue weighted by Gasteiger charge is -2.11. The largest absolute Gasteiger partial charge is 0.472 e. The maximum absolute atomic E-state index is 12.2. The van der Waals surface area contributed by atoms with Crippen molar-refractivity contribution in [3.63, 3.8) is 0 Å². The fourth-order valence-electron chi connectivity index (χ4n) is 2.35. The lowest BCUT2D eigenvalue weighted by atomic mass is 10.1. The maximum atomic E-state index is 12.2. The number of para-hydroxylation sites is 1. The Morgan fingerprint density at radius 2 is 2.12 bits per heavy atom. The Kier molecular flexibility index (Phi) is 5.58. The van der Waals surface area contributed by atoms with Crippen molar-refractivity contribution in [2.75, 3.05) is 11.9 Å². The molecule has 1 aromatic carbocycles. The molecule has 0 aliphatic rings. The second-order valence-electron chi connectivity index (χ2n) is 5.51. The van der Waals surface area contributed by atoms with Gasteiger partial charge in [-0.2, -0.15) is 4.98 Å². The van der Waals surface area contributed by atoms with Crippen molar-refractivity contribution >= 4 is 11.6 Å².